The van der Waals surface area contributed by atoms with E-state index in [2.05, 4.69) is 29.2 Å². The van der Waals surface area contributed by atoms with E-state index in [-0.39, 0.29) is 6.04 Å². The number of hydrogen-bond acceptors (Lipinski definition) is 4. The second-order valence-electron chi connectivity index (χ2n) is 6.07. The molecule has 2 heterocycles. The van der Waals surface area contributed by atoms with E-state index in [1.165, 1.54) is 0 Å². The van der Waals surface area contributed by atoms with Crippen molar-refractivity contribution >= 4 is 22.6 Å². The Kier molecular flexibility index (Phi) is 5.42. The minimum absolute atomic E-state index is 0.245. The monoisotopic (exact) mass is 324 g/mol. The van der Waals surface area contributed by atoms with Crippen LogP contribution in [0.4, 0.5) is 0 Å². The normalized spacial score (nSPS) is 12.5. The first-order valence-corrected chi connectivity index (χ1v) is 8.23. The number of hydrogen-bond donors (Lipinski definition) is 2. The van der Waals surface area contributed by atoms with Crippen molar-refractivity contribution in [2.24, 2.45) is 0 Å². The van der Waals surface area contributed by atoms with Crippen molar-refractivity contribution in [3.63, 3.8) is 0 Å². The average molecular weight is 325 g/mol. The molecule has 0 aliphatic carbocycles. The standard InChI is InChI=1S/C16H25ClN4O/c1-5-16(22,6-2)10-18-8-12-7-13-9-19-21(11(3)4)15(13)20-14(12)17/h7,9,11,18,22H,5-6,8,10H2,1-4H3. The zero-order valence-corrected chi connectivity index (χ0v) is 14.5. The minimum atomic E-state index is -0.660. The molecule has 0 amide bonds. The molecule has 6 heteroatoms. The van der Waals surface area contributed by atoms with Gasteiger partial charge >= 0.3 is 0 Å². The van der Waals surface area contributed by atoms with Gasteiger partial charge in [0.1, 0.15) is 5.15 Å². The Labute approximate surface area is 136 Å². The van der Waals surface area contributed by atoms with Crippen LogP contribution in [0.15, 0.2) is 12.3 Å². The molecule has 2 N–H and O–H groups in total. The van der Waals surface area contributed by atoms with Crippen LogP contribution < -0.4 is 5.32 Å². The highest BCUT2D eigenvalue weighted by Crippen LogP contribution is 2.22. The summed E-state index contributed by atoms with van der Waals surface area (Å²) in [6.07, 6.45) is 3.27. The van der Waals surface area contributed by atoms with Gasteiger partial charge in [0.15, 0.2) is 5.65 Å². The fraction of sp³-hybridized carbons (Fsp3) is 0.625. The van der Waals surface area contributed by atoms with Crippen molar-refractivity contribution in [2.75, 3.05) is 6.54 Å². The molecule has 0 aliphatic rings. The number of rotatable bonds is 7. The van der Waals surface area contributed by atoms with E-state index in [0.29, 0.717) is 18.2 Å². The van der Waals surface area contributed by atoms with Crippen molar-refractivity contribution in [2.45, 2.75) is 58.7 Å². The summed E-state index contributed by atoms with van der Waals surface area (Å²) in [6.45, 7) is 9.23. The van der Waals surface area contributed by atoms with Gasteiger partial charge in [0.2, 0.25) is 0 Å². The second-order valence-corrected chi connectivity index (χ2v) is 6.43. The van der Waals surface area contributed by atoms with Crippen molar-refractivity contribution < 1.29 is 5.11 Å². The number of halogens is 1. The average Bonchev–Trinajstić information content (AvgIpc) is 2.90. The first-order chi connectivity index (χ1) is 10.4. The summed E-state index contributed by atoms with van der Waals surface area (Å²) in [5, 5.41) is 19.4. The summed E-state index contributed by atoms with van der Waals surface area (Å²) in [6, 6.07) is 2.26. The Hall–Kier alpha value is -1.17. The van der Waals surface area contributed by atoms with E-state index in [9.17, 15) is 5.11 Å². The summed E-state index contributed by atoms with van der Waals surface area (Å²) < 4.78 is 1.87. The zero-order valence-electron chi connectivity index (χ0n) is 13.7. The van der Waals surface area contributed by atoms with Crippen molar-refractivity contribution in [3.8, 4) is 0 Å². The molecule has 0 radical (unpaired) electrons. The van der Waals surface area contributed by atoms with Crippen LogP contribution in [0, 0.1) is 0 Å². The molecule has 0 saturated heterocycles. The molecule has 2 rings (SSSR count). The van der Waals surface area contributed by atoms with Gasteiger partial charge in [-0.3, -0.25) is 0 Å². The Morgan fingerprint density at radius 1 is 1.36 bits per heavy atom. The van der Waals surface area contributed by atoms with Crippen molar-refractivity contribution in [1.82, 2.24) is 20.1 Å². The van der Waals surface area contributed by atoms with E-state index < -0.39 is 5.60 Å². The molecule has 122 valence electrons. The fourth-order valence-corrected chi connectivity index (χ4v) is 2.63. The zero-order chi connectivity index (χ0) is 16.3. The van der Waals surface area contributed by atoms with Crippen LogP contribution in [0.25, 0.3) is 11.0 Å². The highest BCUT2D eigenvalue weighted by atomic mass is 35.5. The molecule has 0 aromatic carbocycles. The third-order valence-electron chi connectivity index (χ3n) is 4.17. The summed E-state index contributed by atoms with van der Waals surface area (Å²) in [4.78, 5) is 4.48. The fourth-order valence-electron chi connectivity index (χ4n) is 2.43. The summed E-state index contributed by atoms with van der Waals surface area (Å²) in [5.41, 5.74) is 1.07. The summed E-state index contributed by atoms with van der Waals surface area (Å²) in [5.74, 6) is 0. The highest BCUT2D eigenvalue weighted by molar-refractivity contribution is 6.30. The lowest BCUT2D eigenvalue weighted by Gasteiger charge is -2.25. The van der Waals surface area contributed by atoms with Crippen molar-refractivity contribution in [3.05, 3.63) is 23.0 Å². The van der Waals surface area contributed by atoms with Gasteiger partial charge in [0, 0.05) is 30.1 Å². The quantitative estimate of drug-likeness (QED) is 0.767. The minimum Gasteiger partial charge on any atom is -0.389 e. The molecule has 0 spiro atoms. The van der Waals surface area contributed by atoms with Gasteiger partial charge in [-0.05, 0) is 32.8 Å². The van der Waals surface area contributed by atoms with Crippen LogP contribution >= 0.6 is 11.6 Å². The molecule has 0 atom stereocenters. The van der Waals surface area contributed by atoms with Crippen LogP contribution in [-0.2, 0) is 6.54 Å². The first-order valence-electron chi connectivity index (χ1n) is 7.86. The molecule has 0 fully saturated rings. The number of aromatic nitrogens is 3. The van der Waals surface area contributed by atoms with Crippen LogP contribution in [-0.4, -0.2) is 32.0 Å². The van der Waals surface area contributed by atoms with Crippen molar-refractivity contribution in [1.29, 1.82) is 0 Å². The smallest absolute Gasteiger partial charge is 0.159 e. The third-order valence-corrected chi connectivity index (χ3v) is 4.50. The molecule has 0 saturated carbocycles. The molecule has 0 bridgehead atoms. The predicted octanol–water partition coefficient (Wildman–Crippen LogP) is 3.31. The van der Waals surface area contributed by atoms with Gasteiger partial charge in [-0.1, -0.05) is 25.4 Å². The van der Waals surface area contributed by atoms with Gasteiger partial charge in [-0.25, -0.2) is 9.67 Å². The van der Waals surface area contributed by atoms with Gasteiger partial charge in [0.25, 0.3) is 0 Å². The van der Waals surface area contributed by atoms with E-state index in [4.69, 9.17) is 11.6 Å². The Balaban J connectivity index is 2.14. The molecule has 22 heavy (non-hydrogen) atoms. The SMILES string of the molecule is CCC(O)(CC)CNCc1cc2cnn(C(C)C)c2nc1Cl. The molecule has 0 unspecified atom stereocenters. The van der Waals surface area contributed by atoms with Gasteiger partial charge < -0.3 is 10.4 Å². The molecule has 2 aromatic rings. The third kappa shape index (κ3) is 3.59. The predicted molar refractivity (Wildman–Crippen MR) is 90.2 cm³/mol. The molecule has 0 aliphatic heterocycles. The maximum atomic E-state index is 10.3. The van der Waals surface area contributed by atoms with Gasteiger partial charge in [-0.15, -0.1) is 0 Å². The summed E-state index contributed by atoms with van der Waals surface area (Å²) >= 11 is 6.30. The van der Waals surface area contributed by atoms with Gasteiger partial charge in [-0.2, -0.15) is 5.10 Å². The maximum Gasteiger partial charge on any atom is 0.159 e. The summed E-state index contributed by atoms with van der Waals surface area (Å²) in [7, 11) is 0. The number of nitrogens with zero attached hydrogens (tertiary/aromatic N) is 3. The lowest BCUT2D eigenvalue weighted by molar-refractivity contribution is 0.0323. The lowest BCUT2D eigenvalue weighted by Crippen LogP contribution is -2.39. The molecular formula is C16H25ClN4O. The van der Waals surface area contributed by atoms with Crippen LogP contribution in [0.2, 0.25) is 5.15 Å². The van der Waals surface area contributed by atoms with E-state index in [0.717, 1.165) is 29.4 Å². The lowest BCUT2D eigenvalue weighted by atomic mass is 9.97. The van der Waals surface area contributed by atoms with E-state index >= 15 is 0 Å². The Morgan fingerprint density at radius 2 is 2.05 bits per heavy atom. The largest absolute Gasteiger partial charge is 0.389 e. The van der Waals surface area contributed by atoms with Crippen LogP contribution in [0.3, 0.4) is 0 Å². The number of aliphatic hydroxyl groups is 1. The molecule has 2 aromatic heterocycles. The number of nitrogens with one attached hydrogen (secondary N) is 1. The van der Waals surface area contributed by atoms with Crippen LogP contribution in [0.1, 0.15) is 52.1 Å². The molecule has 5 nitrogen and oxygen atoms in total. The molecular weight excluding hydrogens is 300 g/mol. The Bertz CT molecular complexity index is 634. The Morgan fingerprint density at radius 3 is 2.64 bits per heavy atom. The van der Waals surface area contributed by atoms with Crippen LogP contribution in [0.5, 0.6) is 0 Å². The van der Waals surface area contributed by atoms with Gasteiger partial charge in [0.05, 0.1) is 11.8 Å². The number of fused-ring (bicyclic) bond motifs is 1. The highest BCUT2D eigenvalue weighted by Gasteiger charge is 2.21. The van der Waals surface area contributed by atoms with E-state index in [1.807, 2.05) is 30.8 Å². The topological polar surface area (TPSA) is 63.0 Å². The maximum absolute atomic E-state index is 10.3. The first kappa shape index (κ1) is 17.2. The van der Waals surface area contributed by atoms with E-state index in [1.54, 1.807) is 0 Å². The second kappa shape index (κ2) is 6.94. The number of pyridine rings is 1.